The van der Waals surface area contributed by atoms with Gasteiger partial charge in [0.25, 0.3) is 0 Å². The number of nitrogens with zero attached hydrogens (tertiary/aromatic N) is 3. The molecular weight excluding hydrogens is 342 g/mol. The Labute approximate surface area is 146 Å². The summed E-state index contributed by atoms with van der Waals surface area (Å²) in [5.74, 6) is 0.805. The Kier molecular flexibility index (Phi) is 3.91. The van der Waals surface area contributed by atoms with Gasteiger partial charge in [0.05, 0.1) is 34.7 Å². The van der Waals surface area contributed by atoms with E-state index in [9.17, 15) is 4.55 Å². The molecule has 4 aromatic rings. The largest absolute Gasteiger partial charge is 0.610 e. The van der Waals surface area contributed by atoms with Gasteiger partial charge >= 0.3 is 4.34 Å². The molecular formula is C17H15N3O2S2. The number of fused-ring (bicyclic) bond motifs is 2. The lowest BCUT2D eigenvalue weighted by Crippen LogP contribution is -1.97. The van der Waals surface area contributed by atoms with Gasteiger partial charge in [-0.05, 0) is 29.8 Å². The van der Waals surface area contributed by atoms with E-state index in [0.717, 1.165) is 39.1 Å². The number of hydrogen-bond acceptors (Lipinski definition) is 5. The molecule has 0 aliphatic carbocycles. The van der Waals surface area contributed by atoms with Crippen LogP contribution in [0.25, 0.3) is 21.3 Å². The first-order valence-electron chi connectivity index (χ1n) is 7.36. The van der Waals surface area contributed by atoms with Crippen LogP contribution in [-0.4, -0.2) is 32.5 Å². The normalized spacial score (nSPS) is 12.8. The van der Waals surface area contributed by atoms with Crippen LogP contribution < -0.4 is 4.74 Å². The molecule has 0 saturated carbocycles. The molecule has 0 fully saturated rings. The van der Waals surface area contributed by atoms with Crippen molar-refractivity contribution in [3.63, 3.8) is 0 Å². The summed E-state index contributed by atoms with van der Waals surface area (Å²) in [6.45, 7) is 0.723. The first-order valence-corrected chi connectivity index (χ1v) is 9.73. The van der Waals surface area contributed by atoms with Gasteiger partial charge in [0.2, 0.25) is 0 Å². The van der Waals surface area contributed by atoms with Gasteiger partial charge < -0.3 is 13.9 Å². The summed E-state index contributed by atoms with van der Waals surface area (Å²) >= 11 is 0.447. The van der Waals surface area contributed by atoms with E-state index in [4.69, 9.17) is 4.74 Å². The lowest BCUT2D eigenvalue weighted by atomic mass is 10.2. The van der Waals surface area contributed by atoms with Crippen molar-refractivity contribution in [2.75, 3.05) is 13.4 Å². The smallest absolute Gasteiger partial charge is 0.302 e. The summed E-state index contributed by atoms with van der Waals surface area (Å²) in [7, 11) is 1.65. The van der Waals surface area contributed by atoms with E-state index < -0.39 is 11.2 Å². The number of rotatable bonds is 4. The maximum atomic E-state index is 11.6. The first-order chi connectivity index (χ1) is 11.6. The second-order valence-electron chi connectivity index (χ2n) is 5.46. The van der Waals surface area contributed by atoms with Crippen LogP contribution in [-0.2, 0) is 17.7 Å². The van der Waals surface area contributed by atoms with Crippen LogP contribution in [0.15, 0.2) is 47.1 Å². The average molecular weight is 357 g/mol. The van der Waals surface area contributed by atoms with E-state index in [1.807, 2.05) is 30.6 Å². The van der Waals surface area contributed by atoms with Crippen LogP contribution >= 0.6 is 11.3 Å². The number of benzene rings is 2. The molecule has 0 N–H and O–H groups in total. The number of hydrogen-bond donors (Lipinski definition) is 0. The number of aromatic nitrogens is 3. The van der Waals surface area contributed by atoms with Crippen LogP contribution in [0.1, 0.15) is 5.56 Å². The van der Waals surface area contributed by atoms with Crippen LogP contribution in [0.3, 0.4) is 0 Å². The first kappa shape index (κ1) is 15.4. The van der Waals surface area contributed by atoms with E-state index in [2.05, 4.69) is 26.7 Å². The third-order valence-electron chi connectivity index (χ3n) is 3.86. The number of ether oxygens (including phenoxy) is 1. The van der Waals surface area contributed by atoms with Crippen molar-refractivity contribution in [2.24, 2.45) is 0 Å². The molecule has 0 radical (unpaired) electrons. The van der Waals surface area contributed by atoms with E-state index in [-0.39, 0.29) is 0 Å². The summed E-state index contributed by atoms with van der Waals surface area (Å²) in [5, 5.41) is 0. The number of thiazole rings is 1. The molecule has 2 aromatic carbocycles. The second kappa shape index (κ2) is 6.08. The molecule has 0 amide bonds. The highest BCUT2D eigenvalue weighted by atomic mass is 32.2. The predicted molar refractivity (Wildman–Crippen MR) is 97.3 cm³/mol. The average Bonchev–Trinajstić information content (AvgIpc) is 3.18. The Morgan fingerprint density at radius 1 is 1.21 bits per heavy atom. The molecule has 24 heavy (non-hydrogen) atoms. The van der Waals surface area contributed by atoms with Gasteiger partial charge in [0.1, 0.15) is 12.0 Å². The van der Waals surface area contributed by atoms with Crippen molar-refractivity contribution in [1.29, 1.82) is 0 Å². The molecule has 0 aliphatic rings. The maximum absolute atomic E-state index is 11.6. The molecule has 0 saturated heterocycles. The lowest BCUT2D eigenvalue weighted by molar-refractivity contribution is 0.415. The molecule has 2 aromatic heterocycles. The monoisotopic (exact) mass is 357 g/mol. The highest BCUT2D eigenvalue weighted by Gasteiger charge is 2.13. The molecule has 5 nitrogen and oxygen atoms in total. The third kappa shape index (κ3) is 2.75. The minimum Gasteiger partial charge on any atom is -0.610 e. The molecule has 7 heteroatoms. The van der Waals surface area contributed by atoms with Crippen LogP contribution in [0.5, 0.6) is 5.75 Å². The molecule has 4 rings (SSSR count). The maximum Gasteiger partial charge on any atom is 0.302 e. The Hall–Kier alpha value is -2.09. The Balaban J connectivity index is 1.68. The van der Waals surface area contributed by atoms with Gasteiger partial charge in [-0.15, -0.1) is 0 Å². The summed E-state index contributed by atoms with van der Waals surface area (Å²) in [4.78, 5) is 8.85. The van der Waals surface area contributed by atoms with Crippen molar-refractivity contribution < 1.29 is 9.29 Å². The van der Waals surface area contributed by atoms with Crippen LogP contribution in [0.2, 0.25) is 0 Å². The minimum absolute atomic E-state index is 0.669. The van der Waals surface area contributed by atoms with Gasteiger partial charge in [-0.3, -0.25) is 0 Å². The number of methoxy groups -OCH3 is 1. The molecule has 0 spiro atoms. The fraction of sp³-hybridized carbons (Fsp3) is 0.176. The van der Waals surface area contributed by atoms with Gasteiger partial charge in [0, 0.05) is 23.8 Å². The fourth-order valence-electron chi connectivity index (χ4n) is 2.66. The molecule has 122 valence electrons. The van der Waals surface area contributed by atoms with E-state index in [1.165, 1.54) is 11.3 Å². The Bertz CT molecular complexity index is 1020. The zero-order valence-electron chi connectivity index (χ0n) is 13.2. The number of imidazole rings is 1. The van der Waals surface area contributed by atoms with Gasteiger partial charge in [-0.25, -0.2) is 4.98 Å². The molecule has 1 atom stereocenters. The van der Waals surface area contributed by atoms with Crippen molar-refractivity contribution in [2.45, 2.75) is 10.9 Å². The summed E-state index contributed by atoms with van der Waals surface area (Å²) < 4.78 is 20.7. The highest BCUT2D eigenvalue weighted by molar-refractivity contribution is 7.92. The van der Waals surface area contributed by atoms with Crippen LogP contribution in [0, 0.1) is 0 Å². The van der Waals surface area contributed by atoms with Crippen LogP contribution in [0.4, 0.5) is 0 Å². The standard InChI is InChI=1S/C17H15N3O2S2/c1-22-12-4-6-15-14(8-12)18-10-20(15)9-11-3-5-13-16(7-11)23-17(19-13)24(2)21/h3-8,10H,9H2,1-2H3. The minimum atomic E-state index is -1.04. The van der Waals surface area contributed by atoms with E-state index >= 15 is 0 Å². The van der Waals surface area contributed by atoms with Crippen molar-refractivity contribution >= 4 is 43.8 Å². The predicted octanol–water partition coefficient (Wildman–Crippen LogP) is 3.44. The second-order valence-corrected chi connectivity index (χ2v) is 8.05. The van der Waals surface area contributed by atoms with E-state index in [0.29, 0.717) is 4.34 Å². The van der Waals surface area contributed by atoms with Gasteiger partial charge in [0.15, 0.2) is 0 Å². The topological polar surface area (TPSA) is 63.0 Å². The van der Waals surface area contributed by atoms with Crippen molar-refractivity contribution in [3.8, 4) is 5.75 Å². The zero-order valence-corrected chi connectivity index (χ0v) is 14.9. The quantitative estimate of drug-likeness (QED) is 0.525. The van der Waals surface area contributed by atoms with Gasteiger partial charge in [-0.1, -0.05) is 17.4 Å². The molecule has 2 heterocycles. The molecule has 1 unspecified atom stereocenters. The summed E-state index contributed by atoms with van der Waals surface area (Å²) in [6.07, 6.45) is 3.50. The van der Waals surface area contributed by atoms with Gasteiger partial charge in [-0.2, -0.15) is 4.98 Å². The molecule has 0 aliphatic heterocycles. The SMILES string of the molecule is COc1ccc2c(c1)ncn2Cc1ccc2nc([S+](C)[O-])sc2c1. The zero-order chi connectivity index (χ0) is 16.7. The van der Waals surface area contributed by atoms with Crippen molar-refractivity contribution in [1.82, 2.24) is 14.5 Å². The Morgan fingerprint density at radius 2 is 2.08 bits per heavy atom. The summed E-state index contributed by atoms with van der Waals surface area (Å²) in [5.41, 5.74) is 4.04. The lowest BCUT2D eigenvalue weighted by Gasteiger charge is -2.05. The molecule has 0 bridgehead atoms. The van der Waals surface area contributed by atoms with E-state index in [1.54, 1.807) is 13.4 Å². The summed E-state index contributed by atoms with van der Waals surface area (Å²) in [6, 6.07) is 12.0. The van der Waals surface area contributed by atoms with Crippen molar-refractivity contribution in [3.05, 3.63) is 48.3 Å². The Morgan fingerprint density at radius 3 is 2.88 bits per heavy atom. The fourth-order valence-corrected chi connectivity index (χ4v) is 4.39. The highest BCUT2D eigenvalue weighted by Crippen LogP contribution is 2.27. The third-order valence-corrected chi connectivity index (χ3v) is 6.21.